The summed E-state index contributed by atoms with van der Waals surface area (Å²) in [4.78, 5) is 10.2. The van der Waals surface area contributed by atoms with Crippen molar-refractivity contribution in [3.63, 3.8) is 0 Å². The van der Waals surface area contributed by atoms with Crippen LogP contribution in [0.5, 0.6) is 0 Å². The van der Waals surface area contributed by atoms with Crippen LogP contribution < -0.4 is 4.90 Å². The number of halogens is 5. The van der Waals surface area contributed by atoms with Crippen LogP contribution in [0, 0.1) is 10.1 Å². The third-order valence-corrected chi connectivity index (χ3v) is 2.86. The molecule has 0 N–H and O–H groups in total. The second-order valence-corrected chi connectivity index (χ2v) is 4.20. The van der Waals surface area contributed by atoms with E-state index < -0.39 is 40.4 Å². The number of benzene rings is 1. The average molecular weight is 282 g/mol. The molecule has 1 heterocycles. The molecule has 0 radical (unpaired) electrons. The number of hydrogen-bond acceptors (Lipinski definition) is 3. The second-order valence-electron chi connectivity index (χ2n) is 4.20. The van der Waals surface area contributed by atoms with Gasteiger partial charge in [-0.15, -0.1) is 0 Å². The molecule has 0 saturated heterocycles. The highest BCUT2D eigenvalue weighted by Crippen LogP contribution is 2.48. The van der Waals surface area contributed by atoms with Gasteiger partial charge in [-0.1, -0.05) is 0 Å². The van der Waals surface area contributed by atoms with Gasteiger partial charge < -0.3 is 4.90 Å². The van der Waals surface area contributed by atoms with Crippen molar-refractivity contribution in [1.82, 2.24) is 0 Å². The van der Waals surface area contributed by atoms with Crippen LogP contribution in [0.15, 0.2) is 12.1 Å². The van der Waals surface area contributed by atoms with E-state index in [0.717, 1.165) is 4.90 Å². The Kier molecular flexibility index (Phi) is 2.69. The highest BCUT2D eigenvalue weighted by atomic mass is 19.4. The number of hydrogen-bond donors (Lipinski definition) is 0. The first-order valence-electron chi connectivity index (χ1n) is 5.03. The Bertz CT molecular complexity index is 556. The zero-order valence-corrected chi connectivity index (χ0v) is 9.46. The van der Waals surface area contributed by atoms with Gasteiger partial charge in [0.15, 0.2) is 0 Å². The smallest absolute Gasteiger partial charge is 0.368 e. The molecule has 0 spiro atoms. The van der Waals surface area contributed by atoms with Crippen LogP contribution in [-0.2, 0) is 12.1 Å². The van der Waals surface area contributed by atoms with Gasteiger partial charge in [-0.05, 0) is 6.07 Å². The quantitative estimate of drug-likeness (QED) is 0.451. The van der Waals surface area contributed by atoms with Crippen molar-refractivity contribution in [2.75, 3.05) is 18.5 Å². The average Bonchev–Trinajstić information content (AvgIpc) is 2.46. The summed E-state index contributed by atoms with van der Waals surface area (Å²) in [5.41, 5.74) is -3.99. The van der Waals surface area contributed by atoms with Crippen molar-refractivity contribution in [3.05, 3.63) is 33.4 Å². The van der Waals surface area contributed by atoms with Crippen LogP contribution in [0.25, 0.3) is 0 Å². The van der Waals surface area contributed by atoms with E-state index in [2.05, 4.69) is 0 Å². The van der Waals surface area contributed by atoms with E-state index in [1.807, 2.05) is 0 Å². The monoisotopic (exact) mass is 282 g/mol. The van der Waals surface area contributed by atoms with Gasteiger partial charge in [-0.2, -0.15) is 22.0 Å². The minimum Gasteiger partial charge on any atom is -0.368 e. The standard InChI is InChI=1S/C10H7F5N2O2/c1-16-4-9(11,12)5-2-8(17(18)19)6(3-7(5)16)10(13,14)15/h2-3H,4H2,1H3. The Morgan fingerprint density at radius 2 is 1.95 bits per heavy atom. The number of nitro benzene ring substituents is 1. The zero-order chi connectivity index (χ0) is 14.6. The van der Waals surface area contributed by atoms with Gasteiger partial charge in [0, 0.05) is 18.8 Å². The number of nitro groups is 1. The summed E-state index contributed by atoms with van der Waals surface area (Å²) < 4.78 is 65.1. The zero-order valence-electron chi connectivity index (χ0n) is 9.46. The maximum atomic E-state index is 13.5. The van der Waals surface area contributed by atoms with Crippen molar-refractivity contribution in [2.45, 2.75) is 12.1 Å². The Balaban J connectivity index is 2.74. The van der Waals surface area contributed by atoms with E-state index in [0.29, 0.717) is 12.1 Å². The number of alkyl halides is 5. The number of fused-ring (bicyclic) bond motifs is 1. The molecule has 0 unspecified atom stereocenters. The molecule has 0 aliphatic carbocycles. The molecule has 1 aliphatic rings. The maximum Gasteiger partial charge on any atom is 0.423 e. The van der Waals surface area contributed by atoms with E-state index in [4.69, 9.17) is 0 Å². The Morgan fingerprint density at radius 1 is 1.37 bits per heavy atom. The SMILES string of the molecule is CN1CC(F)(F)c2cc([N+](=O)[O-])c(C(F)(F)F)cc21. The summed E-state index contributed by atoms with van der Waals surface area (Å²) in [5.74, 6) is -3.40. The van der Waals surface area contributed by atoms with Crippen LogP contribution in [0.3, 0.4) is 0 Å². The van der Waals surface area contributed by atoms with Crippen LogP contribution in [0.4, 0.5) is 33.3 Å². The lowest BCUT2D eigenvalue weighted by Gasteiger charge is -2.13. The molecule has 1 aromatic rings. The molecule has 0 atom stereocenters. The van der Waals surface area contributed by atoms with Gasteiger partial charge in [0.1, 0.15) is 5.56 Å². The van der Waals surface area contributed by atoms with Crippen LogP contribution in [0.1, 0.15) is 11.1 Å². The predicted molar refractivity (Wildman–Crippen MR) is 55.3 cm³/mol. The minimum atomic E-state index is -4.98. The van der Waals surface area contributed by atoms with Crippen LogP contribution in [-0.4, -0.2) is 18.5 Å². The van der Waals surface area contributed by atoms with Crippen molar-refractivity contribution in [1.29, 1.82) is 0 Å². The third kappa shape index (κ3) is 2.08. The molecule has 1 aliphatic heterocycles. The Morgan fingerprint density at radius 3 is 2.42 bits per heavy atom. The number of nitrogens with zero attached hydrogens (tertiary/aromatic N) is 2. The van der Waals surface area contributed by atoms with Gasteiger partial charge in [-0.3, -0.25) is 10.1 Å². The van der Waals surface area contributed by atoms with E-state index in [9.17, 15) is 32.1 Å². The van der Waals surface area contributed by atoms with Crippen molar-refractivity contribution in [3.8, 4) is 0 Å². The summed E-state index contributed by atoms with van der Waals surface area (Å²) in [6.07, 6.45) is -4.98. The third-order valence-electron chi connectivity index (χ3n) is 2.86. The topological polar surface area (TPSA) is 46.4 Å². The molecular formula is C10H7F5N2O2. The maximum absolute atomic E-state index is 13.5. The molecule has 19 heavy (non-hydrogen) atoms. The van der Waals surface area contributed by atoms with Crippen molar-refractivity contribution >= 4 is 11.4 Å². The predicted octanol–water partition coefficient (Wildman–Crippen LogP) is 3.16. The first-order valence-corrected chi connectivity index (χ1v) is 5.03. The fourth-order valence-electron chi connectivity index (χ4n) is 2.03. The second kappa shape index (κ2) is 3.78. The first-order chi connectivity index (χ1) is 8.54. The summed E-state index contributed by atoms with van der Waals surface area (Å²) >= 11 is 0. The minimum absolute atomic E-state index is 0.307. The number of likely N-dealkylation sites (N-methyl/N-ethyl adjacent to an activating group) is 1. The molecule has 0 saturated carbocycles. The molecule has 0 bridgehead atoms. The molecular weight excluding hydrogens is 275 g/mol. The lowest BCUT2D eigenvalue weighted by Crippen LogP contribution is -2.22. The molecule has 0 amide bonds. The summed E-state index contributed by atoms with van der Waals surface area (Å²) in [5, 5.41) is 10.6. The lowest BCUT2D eigenvalue weighted by atomic mass is 10.0. The Labute approximate surface area is 103 Å². The van der Waals surface area contributed by atoms with E-state index in [1.165, 1.54) is 7.05 Å². The van der Waals surface area contributed by atoms with Gasteiger partial charge >= 0.3 is 6.18 Å². The van der Waals surface area contributed by atoms with E-state index in [1.54, 1.807) is 0 Å². The molecule has 0 fully saturated rings. The van der Waals surface area contributed by atoms with Gasteiger partial charge in [0.2, 0.25) is 0 Å². The molecule has 9 heteroatoms. The summed E-state index contributed by atoms with van der Waals surface area (Å²) in [6, 6.07) is 0.704. The molecule has 4 nitrogen and oxygen atoms in total. The van der Waals surface area contributed by atoms with Crippen molar-refractivity contribution in [2.24, 2.45) is 0 Å². The van der Waals surface area contributed by atoms with Gasteiger partial charge in [0.05, 0.1) is 17.0 Å². The fraction of sp³-hybridized carbons (Fsp3) is 0.400. The molecule has 104 valence electrons. The largest absolute Gasteiger partial charge is 0.423 e. The van der Waals surface area contributed by atoms with Crippen LogP contribution in [0.2, 0.25) is 0 Å². The molecule has 2 rings (SSSR count). The van der Waals surface area contributed by atoms with Crippen LogP contribution >= 0.6 is 0 Å². The van der Waals surface area contributed by atoms with Crippen molar-refractivity contribution < 1.29 is 26.9 Å². The first kappa shape index (κ1) is 13.5. The van der Waals surface area contributed by atoms with Gasteiger partial charge in [-0.25, -0.2) is 0 Å². The van der Waals surface area contributed by atoms with E-state index >= 15 is 0 Å². The highest BCUT2D eigenvalue weighted by Gasteiger charge is 2.47. The van der Waals surface area contributed by atoms with Gasteiger partial charge in [0.25, 0.3) is 11.6 Å². The summed E-state index contributed by atoms with van der Waals surface area (Å²) in [6.45, 7) is -0.805. The Hall–Kier alpha value is -1.93. The summed E-state index contributed by atoms with van der Waals surface area (Å²) in [7, 11) is 1.20. The fourth-order valence-corrected chi connectivity index (χ4v) is 2.03. The van der Waals surface area contributed by atoms with E-state index in [-0.39, 0.29) is 5.69 Å². The number of rotatable bonds is 1. The normalized spacial score (nSPS) is 17.5. The lowest BCUT2D eigenvalue weighted by molar-refractivity contribution is -0.388. The number of anilines is 1. The molecule has 1 aromatic carbocycles. The molecule has 0 aromatic heterocycles. The highest BCUT2D eigenvalue weighted by molar-refractivity contribution is 5.66.